The van der Waals surface area contributed by atoms with Gasteiger partial charge in [0.1, 0.15) is 0 Å². The van der Waals surface area contributed by atoms with Crippen LogP contribution in [0.1, 0.15) is 12.8 Å². The SMILES string of the molecule is C1CC1N1CCN(C2CNC2)CC1.Cl.Cl.Cl. The van der Waals surface area contributed by atoms with Gasteiger partial charge in [-0.05, 0) is 12.8 Å². The molecule has 0 bridgehead atoms. The fraction of sp³-hybridized carbons (Fsp3) is 1.00. The van der Waals surface area contributed by atoms with E-state index in [9.17, 15) is 0 Å². The molecule has 3 rings (SSSR count). The Hall–Kier alpha value is 0.750. The van der Waals surface area contributed by atoms with Crippen molar-refractivity contribution in [3.8, 4) is 0 Å². The molecule has 2 saturated heterocycles. The minimum absolute atomic E-state index is 0. The smallest absolute Gasteiger partial charge is 0.0346 e. The maximum absolute atomic E-state index is 3.35. The molecule has 0 aromatic heterocycles. The lowest BCUT2D eigenvalue weighted by Crippen LogP contribution is -2.61. The lowest BCUT2D eigenvalue weighted by atomic mass is 10.1. The highest BCUT2D eigenvalue weighted by molar-refractivity contribution is 5.86. The van der Waals surface area contributed by atoms with Crippen LogP contribution in [0.5, 0.6) is 0 Å². The van der Waals surface area contributed by atoms with E-state index in [4.69, 9.17) is 0 Å². The minimum atomic E-state index is 0. The standard InChI is InChI=1S/C10H19N3.3ClH/c1-2-9(1)12-3-5-13(6-4-12)10-7-11-8-10;;;/h9-11H,1-8H2;3*1H. The van der Waals surface area contributed by atoms with Gasteiger partial charge >= 0.3 is 0 Å². The second-order valence-electron chi connectivity index (χ2n) is 4.62. The van der Waals surface area contributed by atoms with Crippen LogP contribution in [-0.2, 0) is 0 Å². The van der Waals surface area contributed by atoms with Gasteiger partial charge in [0.25, 0.3) is 0 Å². The Morgan fingerprint density at radius 1 is 0.688 bits per heavy atom. The molecule has 1 aliphatic carbocycles. The lowest BCUT2D eigenvalue weighted by molar-refractivity contribution is 0.0693. The summed E-state index contributed by atoms with van der Waals surface area (Å²) in [7, 11) is 0. The van der Waals surface area contributed by atoms with Crippen molar-refractivity contribution in [1.82, 2.24) is 15.1 Å². The summed E-state index contributed by atoms with van der Waals surface area (Å²) in [4.78, 5) is 5.35. The van der Waals surface area contributed by atoms with E-state index in [2.05, 4.69) is 15.1 Å². The molecule has 1 N–H and O–H groups in total. The Kier molecular flexibility index (Phi) is 7.58. The second-order valence-corrected chi connectivity index (χ2v) is 4.62. The van der Waals surface area contributed by atoms with Crippen molar-refractivity contribution in [2.45, 2.75) is 24.9 Å². The number of rotatable bonds is 2. The highest BCUT2D eigenvalue weighted by Gasteiger charge is 2.33. The molecule has 1 saturated carbocycles. The summed E-state index contributed by atoms with van der Waals surface area (Å²) < 4.78 is 0. The van der Waals surface area contributed by atoms with Gasteiger partial charge in [-0.3, -0.25) is 9.80 Å². The van der Waals surface area contributed by atoms with E-state index < -0.39 is 0 Å². The minimum Gasteiger partial charge on any atom is -0.314 e. The molecule has 0 aromatic carbocycles. The summed E-state index contributed by atoms with van der Waals surface area (Å²) in [6.45, 7) is 7.71. The first-order valence-electron chi connectivity index (χ1n) is 5.62. The third-order valence-electron chi connectivity index (χ3n) is 3.69. The van der Waals surface area contributed by atoms with Gasteiger partial charge in [0, 0.05) is 51.4 Å². The van der Waals surface area contributed by atoms with Crippen molar-refractivity contribution < 1.29 is 0 Å². The van der Waals surface area contributed by atoms with Crippen LogP contribution in [0.3, 0.4) is 0 Å². The topological polar surface area (TPSA) is 18.5 Å². The van der Waals surface area contributed by atoms with Crippen molar-refractivity contribution in [3.05, 3.63) is 0 Å². The van der Waals surface area contributed by atoms with E-state index in [0.717, 1.165) is 12.1 Å². The molecule has 0 aromatic rings. The van der Waals surface area contributed by atoms with E-state index in [1.807, 2.05) is 0 Å². The molecular weight excluding hydrogens is 268 g/mol. The second kappa shape index (κ2) is 7.24. The van der Waals surface area contributed by atoms with Gasteiger partial charge in [-0.1, -0.05) is 0 Å². The third-order valence-corrected chi connectivity index (χ3v) is 3.69. The van der Waals surface area contributed by atoms with Crippen LogP contribution in [0.2, 0.25) is 0 Å². The zero-order valence-corrected chi connectivity index (χ0v) is 11.9. The highest BCUT2D eigenvalue weighted by atomic mass is 35.5. The van der Waals surface area contributed by atoms with Gasteiger partial charge in [0.15, 0.2) is 0 Å². The van der Waals surface area contributed by atoms with Gasteiger partial charge in [0.2, 0.25) is 0 Å². The molecule has 0 atom stereocenters. The van der Waals surface area contributed by atoms with Crippen molar-refractivity contribution in [3.63, 3.8) is 0 Å². The first-order valence-corrected chi connectivity index (χ1v) is 5.62. The van der Waals surface area contributed by atoms with Crippen LogP contribution in [0.4, 0.5) is 0 Å². The van der Waals surface area contributed by atoms with Crippen LogP contribution in [0, 0.1) is 0 Å². The average molecular weight is 291 g/mol. The number of nitrogens with one attached hydrogen (secondary N) is 1. The Morgan fingerprint density at radius 3 is 1.44 bits per heavy atom. The van der Waals surface area contributed by atoms with Gasteiger partial charge in [-0.15, -0.1) is 37.2 Å². The summed E-state index contributed by atoms with van der Waals surface area (Å²) in [5, 5.41) is 3.35. The van der Waals surface area contributed by atoms with E-state index in [0.29, 0.717) is 0 Å². The molecule has 2 heterocycles. The van der Waals surface area contributed by atoms with Gasteiger partial charge in [0.05, 0.1) is 0 Å². The van der Waals surface area contributed by atoms with Crippen LogP contribution < -0.4 is 5.32 Å². The van der Waals surface area contributed by atoms with Crippen LogP contribution >= 0.6 is 37.2 Å². The maximum Gasteiger partial charge on any atom is 0.0346 e. The van der Waals surface area contributed by atoms with Crippen molar-refractivity contribution >= 4 is 37.2 Å². The predicted molar refractivity (Wildman–Crippen MR) is 74.6 cm³/mol. The van der Waals surface area contributed by atoms with Gasteiger partial charge < -0.3 is 5.32 Å². The number of hydrogen-bond donors (Lipinski definition) is 1. The van der Waals surface area contributed by atoms with Crippen molar-refractivity contribution in [1.29, 1.82) is 0 Å². The van der Waals surface area contributed by atoms with E-state index in [1.165, 1.54) is 52.1 Å². The number of halogens is 3. The monoisotopic (exact) mass is 289 g/mol. The number of hydrogen-bond acceptors (Lipinski definition) is 3. The molecular formula is C10H22Cl3N3. The fourth-order valence-corrected chi connectivity index (χ4v) is 2.44. The molecule has 3 nitrogen and oxygen atoms in total. The molecule has 2 aliphatic heterocycles. The van der Waals surface area contributed by atoms with Crippen molar-refractivity contribution in [2.24, 2.45) is 0 Å². The Balaban J connectivity index is 0.000000750. The quantitative estimate of drug-likeness (QED) is 0.819. The predicted octanol–water partition coefficient (Wildman–Crippen LogP) is 1.00. The van der Waals surface area contributed by atoms with Gasteiger partial charge in [-0.25, -0.2) is 0 Å². The molecule has 16 heavy (non-hydrogen) atoms. The molecule has 0 spiro atoms. The van der Waals surface area contributed by atoms with Crippen LogP contribution in [0.15, 0.2) is 0 Å². The van der Waals surface area contributed by atoms with Crippen molar-refractivity contribution in [2.75, 3.05) is 39.3 Å². The number of nitrogens with zero attached hydrogens (tertiary/aromatic N) is 2. The van der Waals surface area contributed by atoms with Gasteiger partial charge in [-0.2, -0.15) is 0 Å². The Bertz CT molecular complexity index is 190. The average Bonchev–Trinajstić information content (AvgIpc) is 2.85. The summed E-state index contributed by atoms with van der Waals surface area (Å²) in [6, 6.07) is 1.84. The lowest BCUT2D eigenvalue weighted by Gasteiger charge is -2.43. The first kappa shape index (κ1) is 16.8. The summed E-state index contributed by atoms with van der Waals surface area (Å²) >= 11 is 0. The largest absolute Gasteiger partial charge is 0.314 e. The summed E-state index contributed by atoms with van der Waals surface area (Å²) in [5.74, 6) is 0. The highest BCUT2D eigenvalue weighted by Crippen LogP contribution is 2.27. The van der Waals surface area contributed by atoms with E-state index >= 15 is 0 Å². The Morgan fingerprint density at radius 2 is 1.12 bits per heavy atom. The fourth-order valence-electron chi connectivity index (χ4n) is 2.44. The zero-order chi connectivity index (χ0) is 8.67. The molecule has 0 amide bonds. The molecule has 98 valence electrons. The van der Waals surface area contributed by atoms with Crippen LogP contribution in [0.25, 0.3) is 0 Å². The molecule has 0 unspecified atom stereocenters. The molecule has 3 fully saturated rings. The third kappa shape index (κ3) is 3.62. The summed E-state index contributed by atoms with van der Waals surface area (Å²) in [6.07, 6.45) is 2.93. The zero-order valence-electron chi connectivity index (χ0n) is 9.43. The maximum atomic E-state index is 3.35. The molecule has 0 radical (unpaired) electrons. The number of piperazine rings is 1. The summed E-state index contributed by atoms with van der Waals surface area (Å²) in [5.41, 5.74) is 0. The molecule has 3 aliphatic rings. The Labute approximate surface area is 117 Å². The van der Waals surface area contributed by atoms with E-state index in [1.54, 1.807) is 0 Å². The molecule has 6 heteroatoms. The van der Waals surface area contributed by atoms with E-state index in [-0.39, 0.29) is 37.2 Å². The normalized spacial score (nSPS) is 27.0. The van der Waals surface area contributed by atoms with Crippen LogP contribution in [-0.4, -0.2) is 61.2 Å². The first-order chi connectivity index (χ1) is 6.43.